The van der Waals surface area contributed by atoms with Gasteiger partial charge in [-0.2, -0.15) is 0 Å². The fraction of sp³-hybridized carbons (Fsp3) is 0.500. The van der Waals surface area contributed by atoms with Crippen molar-refractivity contribution in [2.45, 2.75) is 32.2 Å². The third-order valence-corrected chi connectivity index (χ3v) is 3.63. The molecule has 1 unspecified atom stereocenters. The standard InChI is InChI=1S/C14H18N2O/c1-2-15-14(9-3-4-9)10-5-6-12-11(7-10)8-13(17)16-12/h5-7,9,14-15H,2-4,8H2,1H3,(H,16,17). The molecule has 1 amide bonds. The largest absolute Gasteiger partial charge is 0.326 e. The summed E-state index contributed by atoms with van der Waals surface area (Å²) in [5.74, 6) is 0.904. The van der Waals surface area contributed by atoms with E-state index in [-0.39, 0.29) is 5.91 Å². The van der Waals surface area contributed by atoms with Gasteiger partial charge in [0, 0.05) is 11.7 Å². The van der Waals surface area contributed by atoms with Crippen LogP contribution in [0.25, 0.3) is 0 Å². The summed E-state index contributed by atoms with van der Waals surface area (Å²) in [6.45, 7) is 3.14. The molecule has 1 heterocycles. The van der Waals surface area contributed by atoms with Crippen molar-refractivity contribution in [2.24, 2.45) is 5.92 Å². The van der Waals surface area contributed by atoms with E-state index in [4.69, 9.17) is 0 Å². The number of carbonyl (C=O) groups excluding carboxylic acids is 1. The minimum absolute atomic E-state index is 0.114. The van der Waals surface area contributed by atoms with Crippen LogP contribution in [0.3, 0.4) is 0 Å². The SMILES string of the molecule is CCNC(c1ccc2c(c1)CC(=O)N2)C1CC1. The van der Waals surface area contributed by atoms with Crippen molar-refractivity contribution in [3.63, 3.8) is 0 Å². The van der Waals surface area contributed by atoms with Gasteiger partial charge in [0.1, 0.15) is 0 Å². The van der Waals surface area contributed by atoms with E-state index in [0.717, 1.165) is 23.7 Å². The van der Waals surface area contributed by atoms with E-state index in [1.807, 2.05) is 6.07 Å². The summed E-state index contributed by atoms with van der Waals surface area (Å²) in [5, 5.41) is 6.44. The Bertz CT molecular complexity index is 452. The van der Waals surface area contributed by atoms with Crippen LogP contribution in [-0.2, 0) is 11.2 Å². The molecule has 1 aliphatic heterocycles. The molecule has 1 atom stereocenters. The van der Waals surface area contributed by atoms with Crippen molar-refractivity contribution in [3.05, 3.63) is 29.3 Å². The van der Waals surface area contributed by atoms with Crippen molar-refractivity contribution >= 4 is 11.6 Å². The van der Waals surface area contributed by atoms with Gasteiger partial charge in [-0.1, -0.05) is 19.1 Å². The number of rotatable bonds is 4. The molecule has 0 aromatic heterocycles. The highest BCUT2D eigenvalue weighted by Crippen LogP contribution is 2.41. The van der Waals surface area contributed by atoms with Crippen LogP contribution in [0.1, 0.15) is 36.9 Å². The van der Waals surface area contributed by atoms with Gasteiger partial charge >= 0.3 is 0 Å². The lowest BCUT2D eigenvalue weighted by Gasteiger charge is -2.18. The maximum atomic E-state index is 11.3. The third-order valence-electron chi connectivity index (χ3n) is 3.63. The monoisotopic (exact) mass is 230 g/mol. The highest BCUT2D eigenvalue weighted by molar-refractivity contribution is 5.99. The molecule has 1 aromatic carbocycles. The molecule has 0 saturated heterocycles. The zero-order chi connectivity index (χ0) is 11.8. The van der Waals surface area contributed by atoms with E-state index in [9.17, 15) is 4.79 Å². The molecule has 1 aromatic rings. The first kappa shape index (κ1) is 10.8. The summed E-state index contributed by atoms with van der Waals surface area (Å²) in [4.78, 5) is 11.3. The van der Waals surface area contributed by atoms with Crippen molar-refractivity contribution in [1.29, 1.82) is 0 Å². The van der Waals surface area contributed by atoms with Crippen molar-refractivity contribution in [3.8, 4) is 0 Å². The van der Waals surface area contributed by atoms with Crippen LogP contribution in [0.2, 0.25) is 0 Å². The normalized spacial score (nSPS) is 19.9. The topological polar surface area (TPSA) is 41.1 Å². The average Bonchev–Trinajstić information content (AvgIpc) is 3.07. The Morgan fingerprint density at radius 3 is 3.00 bits per heavy atom. The molecule has 3 nitrogen and oxygen atoms in total. The Labute approximate surface area is 102 Å². The van der Waals surface area contributed by atoms with Crippen molar-refractivity contribution < 1.29 is 4.79 Å². The van der Waals surface area contributed by atoms with E-state index in [1.54, 1.807) is 0 Å². The lowest BCUT2D eigenvalue weighted by atomic mass is 9.99. The number of nitrogens with one attached hydrogen (secondary N) is 2. The molecule has 90 valence electrons. The van der Waals surface area contributed by atoms with E-state index in [1.165, 1.54) is 18.4 Å². The fourth-order valence-corrected chi connectivity index (χ4v) is 2.65. The van der Waals surface area contributed by atoms with Crippen LogP contribution in [0.4, 0.5) is 5.69 Å². The Balaban J connectivity index is 1.87. The van der Waals surface area contributed by atoms with E-state index in [0.29, 0.717) is 12.5 Å². The quantitative estimate of drug-likeness (QED) is 0.833. The highest BCUT2D eigenvalue weighted by Gasteiger charge is 2.32. The van der Waals surface area contributed by atoms with Gasteiger partial charge in [-0.15, -0.1) is 0 Å². The molecule has 1 fully saturated rings. The summed E-state index contributed by atoms with van der Waals surface area (Å²) >= 11 is 0. The van der Waals surface area contributed by atoms with Gasteiger partial charge < -0.3 is 10.6 Å². The van der Waals surface area contributed by atoms with Gasteiger partial charge in [-0.05, 0) is 42.5 Å². The second kappa shape index (κ2) is 4.15. The van der Waals surface area contributed by atoms with E-state index in [2.05, 4.69) is 29.7 Å². The van der Waals surface area contributed by atoms with Crippen LogP contribution in [0.15, 0.2) is 18.2 Å². The number of carbonyl (C=O) groups is 1. The minimum atomic E-state index is 0.114. The first-order valence-electron chi connectivity index (χ1n) is 6.44. The zero-order valence-corrected chi connectivity index (χ0v) is 10.1. The molecule has 0 bridgehead atoms. The first-order chi connectivity index (χ1) is 8.28. The summed E-state index contributed by atoms with van der Waals surface area (Å²) in [7, 11) is 0. The van der Waals surface area contributed by atoms with Gasteiger partial charge in [-0.25, -0.2) is 0 Å². The first-order valence-corrected chi connectivity index (χ1v) is 6.44. The maximum Gasteiger partial charge on any atom is 0.228 e. The van der Waals surface area contributed by atoms with Gasteiger partial charge in [0.15, 0.2) is 0 Å². The zero-order valence-electron chi connectivity index (χ0n) is 10.1. The Morgan fingerprint density at radius 1 is 1.47 bits per heavy atom. The molecular formula is C14H18N2O. The fourth-order valence-electron chi connectivity index (χ4n) is 2.65. The van der Waals surface area contributed by atoms with Crippen LogP contribution in [0, 0.1) is 5.92 Å². The summed E-state index contributed by atoms with van der Waals surface area (Å²) in [6, 6.07) is 6.86. The molecule has 0 spiro atoms. The lowest BCUT2D eigenvalue weighted by molar-refractivity contribution is -0.115. The summed E-state index contributed by atoms with van der Waals surface area (Å²) in [5.41, 5.74) is 3.48. The number of amides is 1. The molecule has 2 aliphatic rings. The van der Waals surface area contributed by atoms with Crippen LogP contribution in [0.5, 0.6) is 0 Å². The predicted molar refractivity (Wildman–Crippen MR) is 67.9 cm³/mol. The number of anilines is 1. The van der Waals surface area contributed by atoms with Gasteiger partial charge in [0.2, 0.25) is 5.91 Å². The van der Waals surface area contributed by atoms with E-state index >= 15 is 0 Å². The second-order valence-corrected chi connectivity index (χ2v) is 5.01. The molecule has 3 heteroatoms. The average molecular weight is 230 g/mol. The van der Waals surface area contributed by atoms with Crippen LogP contribution >= 0.6 is 0 Å². The Kier molecular flexibility index (Phi) is 2.63. The predicted octanol–water partition coefficient (Wildman–Crippen LogP) is 2.24. The highest BCUT2D eigenvalue weighted by atomic mass is 16.1. The molecule has 3 rings (SSSR count). The second-order valence-electron chi connectivity index (χ2n) is 5.01. The smallest absolute Gasteiger partial charge is 0.228 e. The van der Waals surface area contributed by atoms with E-state index < -0.39 is 0 Å². The molecule has 2 N–H and O–H groups in total. The number of fused-ring (bicyclic) bond motifs is 1. The Hall–Kier alpha value is -1.35. The van der Waals surface area contributed by atoms with Crippen molar-refractivity contribution in [1.82, 2.24) is 5.32 Å². The van der Waals surface area contributed by atoms with Crippen LogP contribution in [-0.4, -0.2) is 12.5 Å². The Morgan fingerprint density at radius 2 is 2.29 bits per heavy atom. The summed E-state index contributed by atoms with van der Waals surface area (Å²) in [6.07, 6.45) is 3.19. The molecule has 1 saturated carbocycles. The van der Waals surface area contributed by atoms with Gasteiger partial charge in [0.25, 0.3) is 0 Å². The van der Waals surface area contributed by atoms with Crippen molar-refractivity contribution in [2.75, 3.05) is 11.9 Å². The van der Waals surface area contributed by atoms with Crippen LogP contribution < -0.4 is 10.6 Å². The molecule has 1 aliphatic carbocycles. The summed E-state index contributed by atoms with van der Waals surface area (Å²) < 4.78 is 0. The number of benzene rings is 1. The maximum absolute atomic E-state index is 11.3. The molecule has 17 heavy (non-hydrogen) atoms. The third kappa shape index (κ3) is 2.07. The van der Waals surface area contributed by atoms with Gasteiger partial charge in [-0.3, -0.25) is 4.79 Å². The number of hydrogen-bond donors (Lipinski definition) is 2. The molecule has 0 radical (unpaired) electrons. The number of hydrogen-bond acceptors (Lipinski definition) is 2. The lowest BCUT2D eigenvalue weighted by Crippen LogP contribution is -2.22. The van der Waals surface area contributed by atoms with Gasteiger partial charge in [0.05, 0.1) is 6.42 Å². The molecular weight excluding hydrogens is 212 g/mol. The minimum Gasteiger partial charge on any atom is -0.326 e.